The molecule has 1 unspecified atom stereocenters. The highest BCUT2D eigenvalue weighted by molar-refractivity contribution is 7.80. The van der Waals surface area contributed by atoms with Gasteiger partial charge in [0.05, 0.1) is 25.2 Å². The summed E-state index contributed by atoms with van der Waals surface area (Å²) >= 11 is 4.99. The van der Waals surface area contributed by atoms with Crippen molar-refractivity contribution in [2.24, 2.45) is 5.73 Å². The smallest absolute Gasteiger partial charge is 0.161 e. The Morgan fingerprint density at radius 1 is 1.33 bits per heavy atom. The van der Waals surface area contributed by atoms with Gasteiger partial charge in [0.2, 0.25) is 0 Å². The zero-order valence-electron chi connectivity index (χ0n) is 11.3. The lowest BCUT2D eigenvalue weighted by Gasteiger charge is -2.23. The highest BCUT2D eigenvalue weighted by Gasteiger charge is 2.13. The number of nitrogens with zero attached hydrogens (tertiary/aromatic N) is 1. The molecule has 0 aliphatic rings. The van der Waals surface area contributed by atoms with E-state index < -0.39 is 0 Å². The zero-order valence-corrected chi connectivity index (χ0v) is 12.1. The van der Waals surface area contributed by atoms with E-state index in [1.54, 1.807) is 14.2 Å². The van der Waals surface area contributed by atoms with Gasteiger partial charge in [0.15, 0.2) is 11.5 Å². The summed E-state index contributed by atoms with van der Waals surface area (Å²) in [6, 6.07) is 5.92. The van der Waals surface area contributed by atoms with Gasteiger partial charge < -0.3 is 15.2 Å². The molecule has 0 saturated carbocycles. The fourth-order valence-electron chi connectivity index (χ4n) is 1.62. The summed E-state index contributed by atoms with van der Waals surface area (Å²) < 4.78 is 10.5. The van der Waals surface area contributed by atoms with Crippen molar-refractivity contribution in [1.29, 1.82) is 0 Å². The molecule has 0 saturated heterocycles. The van der Waals surface area contributed by atoms with Crippen LogP contribution in [0.25, 0.3) is 0 Å². The molecule has 5 heteroatoms. The lowest BCUT2D eigenvalue weighted by atomic mass is 10.1. The minimum Gasteiger partial charge on any atom is -0.493 e. The zero-order chi connectivity index (χ0) is 13.7. The van der Waals surface area contributed by atoms with Crippen LogP contribution < -0.4 is 15.2 Å². The van der Waals surface area contributed by atoms with Gasteiger partial charge in [0.25, 0.3) is 0 Å². The average Bonchev–Trinajstić information content (AvgIpc) is 2.37. The standard InChI is InChI=1S/C13H20N2O2S/c1-9(13(14)18)15(2)8-10-5-6-11(16-3)12(7-10)17-4/h5-7,9H,8H2,1-4H3,(H2,14,18). The van der Waals surface area contributed by atoms with Crippen molar-refractivity contribution in [3.63, 3.8) is 0 Å². The van der Waals surface area contributed by atoms with Crippen molar-refractivity contribution in [1.82, 2.24) is 4.90 Å². The molecule has 0 aliphatic carbocycles. The Hall–Kier alpha value is -1.33. The maximum atomic E-state index is 5.64. The number of benzene rings is 1. The van der Waals surface area contributed by atoms with E-state index in [0.717, 1.165) is 23.6 Å². The molecule has 1 atom stereocenters. The van der Waals surface area contributed by atoms with Gasteiger partial charge in [0.1, 0.15) is 0 Å². The number of hydrogen-bond donors (Lipinski definition) is 1. The lowest BCUT2D eigenvalue weighted by Crippen LogP contribution is -2.38. The number of likely N-dealkylation sites (N-methyl/N-ethyl adjacent to an activating group) is 1. The number of thiocarbonyl (C=S) groups is 1. The summed E-state index contributed by atoms with van der Waals surface area (Å²) in [4.78, 5) is 2.59. The van der Waals surface area contributed by atoms with Crippen molar-refractivity contribution >= 4 is 17.2 Å². The summed E-state index contributed by atoms with van der Waals surface area (Å²) in [5.74, 6) is 1.46. The number of hydrogen-bond acceptors (Lipinski definition) is 4. The second kappa shape index (κ2) is 6.56. The van der Waals surface area contributed by atoms with Gasteiger partial charge in [-0.1, -0.05) is 18.3 Å². The first-order chi connectivity index (χ1) is 8.49. The SMILES string of the molecule is COc1ccc(CN(C)C(C)C(N)=S)cc1OC. The van der Waals surface area contributed by atoms with Crippen LogP contribution in [0.3, 0.4) is 0 Å². The average molecular weight is 268 g/mol. The van der Waals surface area contributed by atoms with Crippen LogP contribution in [-0.2, 0) is 6.54 Å². The van der Waals surface area contributed by atoms with Gasteiger partial charge >= 0.3 is 0 Å². The van der Waals surface area contributed by atoms with E-state index in [1.165, 1.54) is 0 Å². The van der Waals surface area contributed by atoms with Crippen LogP contribution in [0.4, 0.5) is 0 Å². The van der Waals surface area contributed by atoms with Gasteiger partial charge in [-0.25, -0.2) is 0 Å². The van der Waals surface area contributed by atoms with E-state index in [4.69, 9.17) is 27.4 Å². The predicted molar refractivity (Wildman–Crippen MR) is 77.3 cm³/mol. The molecule has 0 heterocycles. The maximum absolute atomic E-state index is 5.64. The maximum Gasteiger partial charge on any atom is 0.161 e. The van der Waals surface area contributed by atoms with Crippen LogP contribution in [0.5, 0.6) is 11.5 Å². The first-order valence-corrected chi connectivity index (χ1v) is 6.11. The molecule has 1 rings (SSSR count). The van der Waals surface area contributed by atoms with Crippen molar-refractivity contribution in [2.75, 3.05) is 21.3 Å². The molecule has 0 aliphatic heterocycles. The highest BCUT2D eigenvalue weighted by atomic mass is 32.1. The predicted octanol–water partition coefficient (Wildman–Crippen LogP) is 1.81. The second-order valence-electron chi connectivity index (χ2n) is 4.18. The number of methoxy groups -OCH3 is 2. The molecule has 2 N–H and O–H groups in total. The molecule has 0 bridgehead atoms. The summed E-state index contributed by atoms with van der Waals surface area (Å²) in [5, 5.41) is 0. The van der Waals surface area contributed by atoms with Crippen LogP contribution >= 0.6 is 12.2 Å². The number of ether oxygens (including phenoxy) is 2. The van der Waals surface area contributed by atoms with Gasteiger partial charge in [-0.3, -0.25) is 4.90 Å². The fourth-order valence-corrected chi connectivity index (χ4v) is 1.80. The third-order valence-electron chi connectivity index (χ3n) is 2.95. The van der Waals surface area contributed by atoms with Crippen LogP contribution in [0, 0.1) is 0 Å². The Bertz CT molecular complexity index is 423. The van der Waals surface area contributed by atoms with Gasteiger partial charge in [-0.05, 0) is 31.7 Å². The van der Waals surface area contributed by atoms with E-state index in [9.17, 15) is 0 Å². The van der Waals surface area contributed by atoms with E-state index in [1.807, 2.05) is 32.2 Å². The minimum absolute atomic E-state index is 0.0631. The van der Waals surface area contributed by atoms with Crippen LogP contribution in [0.1, 0.15) is 12.5 Å². The summed E-state index contributed by atoms with van der Waals surface area (Å²) in [7, 11) is 5.24. The first kappa shape index (κ1) is 14.7. The Kier molecular flexibility index (Phi) is 5.37. The molecule has 1 aromatic carbocycles. The Morgan fingerprint density at radius 2 is 1.94 bits per heavy atom. The lowest BCUT2D eigenvalue weighted by molar-refractivity contribution is 0.302. The molecule has 0 radical (unpaired) electrons. The van der Waals surface area contributed by atoms with Crippen molar-refractivity contribution in [2.45, 2.75) is 19.5 Å². The third kappa shape index (κ3) is 3.58. The summed E-state index contributed by atoms with van der Waals surface area (Å²) in [6.45, 7) is 2.74. The molecular formula is C13H20N2O2S. The van der Waals surface area contributed by atoms with E-state index in [2.05, 4.69) is 4.90 Å². The van der Waals surface area contributed by atoms with Gasteiger partial charge in [-0.15, -0.1) is 0 Å². The molecule has 0 fully saturated rings. The largest absolute Gasteiger partial charge is 0.493 e. The van der Waals surface area contributed by atoms with E-state index in [0.29, 0.717) is 4.99 Å². The van der Waals surface area contributed by atoms with E-state index >= 15 is 0 Å². The number of rotatable bonds is 6. The molecular weight excluding hydrogens is 248 g/mol. The van der Waals surface area contributed by atoms with Gasteiger partial charge in [0, 0.05) is 6.54 Å². The summed E-state index contributed by atoms with van der Waals surface area (Å²) in [6.07, 6.45) is 0. The second-order valence-corrected chi connectivity index (χ2v) is 4.65. The van der Waals surface area contributed by atoms with Crippen molar-refractivity contribution < 1.29 is 9.47 Å². The molecule has 1 aromatic rings. The monoisotopic (exact) mass is 268 g/mol. The first-order valence-electron chi connectivity index (χ1n) is 5.70. The van der Waals surface area contributed by atoms with Crippen LogP contribution in [-0.4, -0.2) is 37.2 Å². The van der Waals surface area contributed by atoms with Crippen molar-refractivity contribution in [3.05, 3.63) is 23.8 Å². The minimum atomic E-state index is 0.0631. The Labute approximate surface area is 114 Å². The van der Waals surface area contributed by atoms with Gasteiger partial charge in [-0.2, -0.15) is 0 Å². The molecule has 18 heavy (non-hydrogen) atoms. The Morgan fingerprint density at radius 3 is 2.44 bits per heavy atom. The van der Waals surface area contributed by atoms with Crippen LogP contribution in [0.2, 0.25) is 0 Å². The molecule has 100 valence electrons. The number of nitrogens with two attached hydrogens (primary N) is 1. The van der Waals surface area contributed by atoms with Crippen molar-refractivity contribution in [3.8, 4) is 11.5 Å². The topological polar surface area (TPSA) is 47.7 Å². The summed E-state index contributed by atoms with van der Waals surface area (Å²) in [5.41, 5.74) is 6.76. The molecule has 4 nitrogen and oxygen atoms in total. The molecule has 0 spiro atoms. The quantitative estimate of drug-likeness (QED) is 0.797. The molecule has 0 aromatic heterocycles. The fraction of sp³-hybridized carbons (Fsp3) is 0.462. The van der Waals surface area contributed by atoms with Crippen LogP contribution in [0.15, 0.2) is 18.2 Å². The van der Waals surface area contributed by atoms with E-state index in [-0.39, 0.29) is 6.04 Å². The molecule has 0 amide bonds. The third-order valence-corrected chi connectivity index (χ3v) is 3.29. The highest BCUT2D eigenvalue weighted by Crippen LogP contribution is 2.28. The normalized spacial score (nSPS) is 12.3. The Balaban J connectivity index is 2.82.